The lowest BCUT2D eigenvalue weighted by molar-refractivity contribution is 0.393. The number of hydrogen-bond donors (Lipinski definition) is 0. The van der Waals surface area contributed by atoms with Crippen LogP contribution >= 0.6 is 11.6 Å². The molecule has 1 unspecified atom stereocenters. The fourth-order valence-electron chi connectivity index (χ4n) is 1.44. The lowest BCUT2D eigenvalue weighted by Gasteiger charge is -2.05. The maximum Gasteiger partial charge on any atom is 0.258 e. The summed E-state index contributed by atoms with van der Waals surface area (Å²) in [4.78, 5) is 4.21. The summed E-state index contributed by atoms with van der Waals surface area (Å²) < 4.78 is 15.5. The van der Waals surface area contributed by atoms with E-state index >= 15 is 0 Å². The predicted octanol–water partition coefficient (Wildman–Crippen LogP) is 3.05. The number of hydrogen-bond acceptors (Lipinski definition) is 5. The Bertz CT molecular complexity index is 518. The molecule has 18 heavy (non-hydrogen) atoms. The van der Waals surface area contributed by atoms with Gasteiger partial charge in [-0.3, -0.25) is 0 Å². The van der Waals surface area contributed by atoms with Crippen molar-refractivity contribution in [2.24, 2.45) is 0 Å². The number of rotatable bonds is 4. The van der Waals surface area contributed by atoms with Crippen molar-refractivity contribution in [1.82, 2.24) is 10.1 Å². The minimum Gasteiger partial charge on any atom is -0.497 e. The second-order valence-electron chi connectivity index (χ2n) is 3.68. The molecule has 0 aliphatic rings. The van der Waals surface area contributed by atoms with Crippen LogP contribution < -0.4 is 9.47 Å². The Kier molecular flexibility index (Phi) is 3.72. The first-order valence-corrected chi connectivity index (χ1v) is 5.78. The molecule has 6 heteroatoms. The first-order chi connectivity index (χ1) is 8.63. The molecule has 1 atom stereocenters. The van der Waals surface area contributed by atoms with Crippen LogP contribution in [0.3, 0.4) is 0 Å². The summed E-state index contributed by atoms with van der Waals surface area (Å²) in [6.07, 6.45) is 0. The van der Waals surface area contributed by atoms with Crippen LogP contribution in [0.15, 0.2) is 22.7 Å². The van der Waals surface area contributed by atoms with Crippen LogP contribution in [0.4, 0.5) is 0 Å². The topological polar surface area (TPSA) is 57.4 Å². The normalized spacial score (nSPS) is 12.2. The second-order valence-corrected chi connectivity index (χ2v) is 4.33. The minimum absolute atomic E-state index is 0.296. The quantitative estimate of drug-likeness (QED) is 0.798. The number of ether oxygens (including phenoxy) is 2. The van der Waals surface area contributed by atoms with Gasteiger partial charge in [0.1, 0.15) is 11.5 Å². The average Bonchev–Trinajstić information content (AvgIpc) is 2.87. The van der Waals surface area contributed by atoms with Crippen molar-refractivity contribution in [3.05, 3.63) is 24.0 Å². The van der Waals surface area contributed by atoms with E-state index in [1.165, 1.54) is 0 Å². The van der Waals surface area contributed by atoms with Crippen LogP contribution in [0.1, 0.15) is 18.1 Å². The highest BCUT2D eigenvalue weighted by molar-refractivity contribution is 6.20. The molecular formula is C12H13ClN2O3. The standard InChI is InChI=1S/C12H13ClN2O3/c1-7(13)11-14-12(18-15-11)8-4-9(16-2)6-10(5-8)17-3/h4-7H,1-3H3. The van der Waals surface area contributed by atoms with Crippen molar-refractivity contribution in [2.45, 2.75) is 12.3 Å². The van der Waals surface area contributed by atoms with Crippen LogP contribution in [0, 0.1) is 0 Å². The number of alkyl halides is 1. The molecule has 0 aliphatic carbocycles. The van der Waals surface area contributed by atoms with Gasteiger partial charge in [-0.05, 0) is 19.1 Å². The van der Waals surface area contributed by atoms with E-state index in [-0.39, 0.29) is 5.38 Å². The van der Waals surface area contributed by atoms with Gasteiger partial charge in [-0.15, -0.1) is 11.6 Å². The summed E-state index contributed by atoms with van der Waals surface area (Å²) in [6.45, 7) is 1.78. The van der Waals surface area contributed by atoms with Crippen LogP contribution in [0.5, 0.6) is 11.5 Å². The molecule has 0 fully saturated rings. The minimum atomic E-state index is -0.296. The van der Waals surface area contributed by atoms with Crippen molar-refractivity contribution < 1.29 is 14.0 Å². The van der Waals surface area contributed by atoms with Gasteiger partial charge in [0.25, 0.3) is 5.89 Å². The van der Waals surface area contributed by atoms with Gasteiger partial charge in [-0.1, -0.05) is 5.16 Å². The Balaban J connectivity index is 2.42. The summed E-state index contributed by atoms with van der Waals surface area (Å²) in [5, 5.41) is 3.51. The third kappa shape index (κ3) is 2.56. The highest BCUT2D eigenvalue weighted by atomic mass is 35.5. The first-order valence-electron chi connectivity index (χ1n) is 5.35. The molecule has 0 amide bonds. The zero-order chi connectivity index (χ0) is 13.1. The Labute approximate surface area is 110 Å². The van der Waals surface area contributed by atoms with Crippen molar-refractivity contribution in [2.75, 3.05) is 14.2 Å². The van der Waals surface area contributed by atoms with Crippen LogP contribution in [0.2, 0.25) is 0 Å². The Morgan fingerprint density at radius 3 is 2.22 bits per heavy atom. The fourth-order valence-corrected chi connectivity index (χ4v) is 1.53. The van der Waals surface area contributed by atoms with E-state index in [2.05, 4.69) is 10.1 Å². The van der Waals surface area contributed by atoms with Crippen molar-refractivity contribution in [3.8, 4) is 23.0 Å². The van der Waals surface area contributed by atoms with E-state index in [4.69, 9.17) is 25.6 Å². The number of methoxy groups -OCH3 is 2. The van der Waals surface area contributed by atoms with E-state index < -0.39 is 0 Å². The van der Waals surface area contributed by atoms with Crippen molar-refractivity contribution >= 4 is 11.6 Å². The Morgan fingerprint density at radius 1 is 1.17 bits per heavy atom. The Hall–Kier alpha value is -1.75. The highest BCUT2D eigenvalue weighted by Gasteiger charge is 2.14. The number of nitrogens with zero attached hydrogens (tertiary/aromatic N) is 2. The van der Waals surface area contributed by atoms with Gasteiger partial charge in [0.15, 0.2) is 5.82 Å². The van der Waals surface area contributed by atoms with Crippen LogP contribution in [0.25, 0.3) is 11.5 Å². The lowest BCUT2D eigenvalue weighted by atomic mass is 10.2. The summed E-state index contributed by atoms with van der Waals surface area (Å²) in [5.74, 6) is 2.15. The van der Waals surface area contributed by atoms with Gasteiger partial charge < -0.3 is 14.0 Å². The Morgan fingerprint density at radius 2 is 1.78 bits per heavy atom. The molecule has 96 valence electrons. The molecule has 0 bridgehead atoms. The molecule has 0 saturated heterocycles. The smallest absolute Gasteiger partial charge is 0.258 e. The first kappa shape index (κ1) is 12.7. The third-order valence-electron chi connectivity index (χ3n) is 2.40. The molecule has 1 heterocycles. The lowest BCUT2D eigenvalue weighted by Crippen LogP contribution is -1.90. The van der Waals surface area contributed by atoms with Crippen LogP contribution in [-0.4, -0.2) is 24.4 Å². The van der Waals surface area contributed by atoms with Gasteiger partial charge in [-0.2, -0.15) is 4.98 Å². The van der Waals surface area contributed by atoms with Gasteiger partial charge in [0, 0.05) is 11.6 Å². The zero-order valence-electron chi connectivity index (χ0n) is 10.3. The highest BCUT2D eigenvalue weighted by Crippen LogP contribution is 2.29. The number of benzene rings is 1. The van der Waals surface area contributed by atoms with Gasteiger partial charge in [-0.25, -0.2) is 0 Å². The largest absolute Gasteiger partial charge is 0.497 e. The van der Waals surface area contributed by atoms with Crippen molar-refractivity contribution in [3.63, 3.8) is 0 Å². The average molecular weight is 269 g/mol. The second kappa shape index (κ2) is 5.27. The molecular weight excluding hydrogens is 256 g/mol. The van der Waals surface area contributed by atoms with Crippen LogP contribution in [-0.2, 0) is 0 Å². The van der Waals surface area contributed by atoms with E-state index in [9.17, 15) is 0 Å². The molecule has 2 aromatic rings. The maximum absolute atomic E-state index is 5.89. The van der Waals surface area contributed by atoms with Gasteiger partial charge >= 0.3 is 0 Å². The maximum atomic E-state index is 5.89. The number of aromatic nitrogens is 2. The van der Waals surface area contributed by atoms with E-state index in [1.807, 2.05) is 0 Å². The molecule has 0 aliphatic heterocycles. The molecule has 2 rings (SSSR count). The molecule has 5 nitrogen and oxygen atoms in total. The van der Waals surface area contributed by atoms with Gasteiger partial charge in [0.2, 0.25) is 0 Å². The number of halogens is 1. The monoisotopic (exact) mass is 268 g/mol. The summed E-state index contributed by atoms with van der Waals surface area (Å²) in [6, 6.07) is 5.35. The van der Waals surface area contributed by atoms with E-state index in [1.54, 1.807) is 39.3 Å². The molecule has 1 aromatic carbocycles. The molecule has 0 spiro atoms. The zero-order valence-corrected chi connectivity index (χ0v) is 11.1. The molecule has 0 N–H and O–H groups in total. The third-order valence-corrected chi connectivity index (χ3v) is 2.59. The van der Waals surface area contributed by atoms with Crippen molar-refractivity contribution in [1.29, 1.82) is 0 Å². The molecule has 0 radical (unpaired) electrons. The van der Waals surface area contributed by atoms with E-state index in [0.29, 0.717) is 23.2 Å². The fraction of sp³-hybridized carbons (Fsp3) is 0.333. The molecule has 0 saturated carbocycles. The summed E-state index contributed by atoms with van der Waals surface area (Å²) in [5.41, 5.74) is 0.724. The summed E-state index contributed by atoms with van der Waals surface area (Å²) in [7, 11) is 3.16. The van der Waals surface area contributed by atoms with E-state index in [0.717, 1.165) is 5.56 Å². The SMILES string of the molecule is COc1cc(OC)cc(-c2nc(C(C)Cl)no2)c1. The molecule has 1 aromatic heterocycles. The predicted molar refractivity (Wildman–Crippen MR) is 67.1 cm³/mol. The summed E-state index contributed by atoms with van der Waals surface area (Å²) >= 11 is 5.89. The van der Waals surface area contributed by atoms with Gasteiger partial charge in [0.05, 0.1) is 19.6 Å².